The highest BCUT2D eigenvalue weighted by atomic mass is 16.5. The van der Waals surface area contributed by atoms with Gasteiger partial charge in [0, 0.05) is 7.05 Å². The van der Waals surface area contributed by atoms with E-state index in [1.54, 1.807) is 25.6 Å². The third kappa shape index (κ3) is 3.71. The summed E-state index contributed by atoms with van der Waals surface area (Å²) in [4.78, 5) is 25.6. The van der Waals surface area contributed by atoms with E-state index in [4.69, 9.17) is 4.74 Å². The van der Waals surface area contributed by atoms with Crippen LogP contribution in [0.25, 0.3) is 5.69 Å². The highest BCUT2D eigenvalue weighted by molar-refractivity contribution is 5.94. The number of benzene rings is 2. The molecule has 0 aliphatic heterocycles. The van der Waals surface area contributed by atoms with Crippen LogP contribution in [0.5, 0.6) is 5.75 Å². The zero-order chi connectivity index (χ0) is 20.4. The summed E-state index contributed by atoms with van der Waals surface area (Å²) in [6.07, 6.45) is -0.746. The molecule has 1 heterocycles. The Morgan fingerprint density at radius 1 is 1.07 bits per heavy atom. The second-order valence-electron chi connectivity index (χ2n) is 6.95. The number of nitrogens with one attached hydrogen (secondary N) is 1. The van der Waals surface area contributed by atoms with Crippen molar-refractivity contribution < 1.29 is 9.53 Å². The maximum Gasteiger partial charge on any atom is 0.295 e. The van der Waals surface area contributed by atoms with Crippen molar-refractivity contribution in [3.63, 3.8) is 0 Å². The molecule has 6 nitrogen and oxygen atoms in total. The number of ether oxygens (including phenoxy) is 1. The largest absolute Gasteiger partial charge is 0.481 e. The van der Waals surface area contributed by atoms with Crippen LogP contribution in [-0.4, -0.2) is 21.4 Å². The molecule has 0 aliphatic carbocycles. The summed E-state index contributed by atoms with van der Waals surface area (Å²) in [7, 11) is 1.79. The van der Waals surface area contributed by atoms with Crippen molar-refractivity contribution in [3.05, 3.63) is 75.7 Å². The minimum Gasteiger partial charge on any atom is -0.481 e. The van der Waals surface area contributed by atoms with Crippen molar-refractivity contribution >= 4 is 11.6 Å². The highest BCUT2D eigenvalue weighted by Gasteiger charge is 2.22. The number of anilines is 1. The summed E-state index contributed by atoms with van der Waals surface area (Å²) >= 11 is 0. The minimum absolute atomic E-state index is 0.257. The van der Waals surface area contributed by atoms with Gasteiger partial charge < -0.3 is 10.1 Å². The van der Waals surface area contributed by atoms with E-state index in [0.717, 1.165) is 16.8 Å². The molecule has 0 fully saturated rings. The van der Waals surface area contributed by atoms with Gasteiger partial charge in [-0.3, -0.25) is 14.3 Å². The number of rotatable bonds is 5. The van der Waals surface area contributed by atoms with Gasteiger partial charge >= 0.3 is 0 Å². The molecule has 2 aromatic carbocycles. The zero-order valence-electron chi connectivity index (χ0n) is 16.8. The SMILES string of the molecule is Cc1ccc(C)c(O[C@@H](C)C(=O)Nc2c(C)n(C)n(-c3ccccc3)c2=O)c1. The van der Waals surface area contributed by atoms with Crippen LogP contribution in [0.15, 0.2) is 53.3 Å². The van der Waals surface area contributed by atoms with E-state index < -0.39 is 6.10 Å². The molecule has 3 rings (SSSR count). The normalized spacial score (nSPS) is 11.9. The molecule has 0 unspecified atom stereocenters. The molecule has 3 aromatic rings. The van der Waals surface area contributed by atoms with Crippen molar-refractivity contribution in [1.82, 2.24) is 9.36 Å². The Morgan fingerprint density at radius 3 is 2.43 bits per heavy atom. The van der Waals surface area contributed by atoms with Gasteiger partial charge in [-0.2, -0.15) is 0 Å². The summed E-state index contributed by atoms with van der Waals surface area (Å²) in [6.45, 7) is 7.37. The van der Waals surface area contributed by atoms with Gasteiger partial charge in [0.1, 0.15) is 11.4 Å². The van der Waals surface area contributed by atoms with Crippen LogP contribution in [0.1, 0.15) is 23.7 Å². The molecule has 0 bridgehead atoms. The van der Waals surface area contributed by atoms with Crippen LogP contribution >= 0.6 is 0 Å². The van der Waals surface area contributed by atoms with Crippen molar-refractivity contribution in [3.8, 4) is 11.4 Å². The quantitative estimate of drug-likeness (QED) is 0.738. The fourth-order valence-electron chi connectivity index (χ4n) is 3.02. The van der Waals surface area contributed by atoms with Crippen molar-refractivity contribution in [2.45, 2.75) is 33.8 Å². The summed E-state index contributed by atoms with van der Waals surface area (Å²) in [5, 5.41) is 2.75. The van der Waals surface area contributed by atoms with E-state index in [1.165, 1.54) is 4.68 Å². The average Bonchev–Trinajstić information content (AvgIpc) is 2.88. The van der Waals surface area contributed by atoms with Crippen molar-refractivity contribution in [2.75, 3.05) is 5.32 Å². The lowest BCUT2D eigenvalue weighted by atomic mass is 10.1. The van der Waals surface area contributed by atoms with Crippen LogP contribution < -0.4 is 15.6 Å². The van der Waals surface area contributed by atoms with Gasteiger partial charge in [-0.1, -0.05) is 30.3 Å². The molecule has 0 radical (unpaired) electrons. The van der Waals surface area contributed by atoms with E-state index in [9.17, 15) is 9.59 Å². The third-order valence-electron chi connectivity index (χ3n) is 4.82. The predicted molar refractivity (Wildman–Crippen MR) is 110 cm³/mol. The predicted octanol–water partition coefficient (Wildman–Crippen LogP) is 3.51. The second kappa shape index (κ2) is 7.76. The summed E-state index contributed by atoms with van der Waals surface area (Å²) < 4.78 is 9.09. The average molecular weight is 379 g/mol. The highest BCUT2D eigenvalue weighted by Crippen LogP contribution is 2.21. The summed E-state index contributed by atoms with van der Waals surface area (Å²) in [6, 6.07) is 15.2. The number of nitrogens with zero attached hydrogens (tertiary/aromatic N) is 2. The van der Waals surface area contributed by atoms with Crippen LogP contribution in [0.3, 0.4) is 0 Å². The first-order valence-electron chi connectivity index (χ1n) is 9.18. The van der Waals surface area contributed by atoms with Gasteiger partial charge in [0.05, 0.1) is 11.4 Å². The van der Waals surface area contributed by atoms with Gasteiger partial charge in [0.2, 0.25) is 0 Å². The summed E-state index contributed by atoms with van der Waals surface area (Å²) in [5.74, 6) is 0.293. The van der Waals surface area contributed by atoms with E-state index in [1.807, 2.05) is 62.4 Å². The number of aromatic nitrogens is 2. The van der Waals surface area contributed by atoms with Gasteiger partial charge in [-0.05, 0) is 57.0 Å². The Hall–Kier alpha value is -3.28. The first kappa shape index (κ1) is 19.5. The smallest absolute Gasteiger partial charge is 0.295 e. The van der Waals surface area contributed by atoms with Crippen LogP contribution in [0, 0.1) is 20.8 Å². The third-order valence-corrected chi connectivity index (χ3v) is 4.82. The zero-order valence-corrected chi connectivity index (χ0v) is 16.8. The first-order valence-corrected chi connectivity index (χ1v) is 9.18. The number of carbonyl (C=O) groups excluding carboxylic acids is 1. The molecule has 1 atom stereocenters. The van der Waals surface area contributed by atoms with E-state index in [0.29, 0.717) is 11.4 Å². The Bertz CT molecular complexity index is 1060. The molecule has 146 valence electrons. The molecule has 1 N–H and O–H groups in total. The lowest BCUT2D eigenvalue weighted by Crippen LogP contribution is -2.32. The van der Waals surface area contributed by atoms with Crippen molar-refractivity contribution in [2.24, 2.45) is 7.05 Å². The molecular weight excluding hydrogens is 354 g/mol. The molecule has 1 amide bonds. The van der Waals surface area contributed by atoms with Crippen LogP contribution in [-0.2, 0) is 11.8 Å². The first-order chi connectivity index (χ1) is 13.3. The molecule has 0 aliphatic rings. The maximum absolute atomic E-state index is 12.9. The number of amides is 1. The Balaban J connectivity index is 1.84. The van der Waals surface area contributed by atoms with Crippen molar-refractivity contribution in [1.29, 1.82) is 0 Å². The van der Waals surface area contributed by atoms with E-state index in [-0.39, 0.29) is 17.2 Å². The Labute approximate surface area is 164 Å². The number of hydrogen-bond acceptors (Lipinski definition) is 3. The van der Waals surface area contributed by atoms with E-state index in [2.05, 4.69) is 5.32 Å². The van der Waals surface area contributed by atoms with Gasteiger partial charge in [0.15, 0.2) is 6.10 Å². The second-order valence-corrected chi connectivity index (χ2v) is 6.95. The monoisotopic (exact) mass is 379 g/mol. The molecule has 6 heteroatoms. The van der Waals surface area contributed by atoms with Gasteiger partial charge in [-0.15, -0.1) is 0 Å². The molecular formula is C22H25N3O3. The standard InChI is InChI=1S/C22H25N3O3/c1-14-11-12-15(2)19(13-14)28-17(4)21(26)23-20-16(3)24(5)25(22(20)27)18-9-7-6-8-10-18/h6-13,17H,1-5H3,(H,23,26)/t17-/m0/s1. The van der Waals surface area contributed by atoms with Gasteiger partial charge in [0.25, 0.3) is 11.5 Å². The van der Waals surface area contributed by atoms with Gasteiger partial charge in [-0.25, -0.2) is 4.68 Å². The molecule has 0 saturated carbocycles. The molecule has 28 heavy (non-hydrogen) atoms. The van der Waals surface area contributed by atoms with E-state index >= 15 is 0 Å². The number of aryl methyl sites for hydroxylation is 2. The molecule has 0 spiro atoms. The van der Waals surface area contributed by atoms with Crippen LogP contribution in [0.2, 0.25) is 0 Å². The molecule has 0 saturated heterocycles. The lowest BCUT2D eigenvalue weighted by molar-refractivity contribution is -0.122. The minimum atomic E-state index is -0.746. The fourth-order valence-corrected chi connectivity index (χ4v) is 3.02. The Kier molecular flexibility index (Phi) is 5.40. The number of para-hydroxylation sites is 1. The molecule has 1 aromatic heterocycles. The Morgan fingerprint density at radius 2 is 1.75 bits per heavy atom. The lowest BCUT2D eigenvalue weighted by Gasteiger charge is -2.16. The number of hydrogen-bond donors (Lipinski definition) is 1. The fraction of sp³-hybridized carbons (Fsp3) is 0.273. The maximum atomic E-state index is 12.9. The topological polar surface area (TPSA) is 65.3 Å². The van der Waals surface area contributed by atoms with Crippen LogP contribution in [0.4, 0.5) is 5.69 Å². The summed E-state index contributed by atoms with van der Waals surface area (Å²) in [5.41, 5.74) is 3.39. The number of carbonyl (C=O) groups is 1.